The smallest absolute Gasteiger partial charge is 0.272 e. The van der Waals surface area contributed by atoms with Crippen molar-refractivity contribution in [2.75, 3.05) is 13.7 Å². The summed E-state index contributed by atoms with van der Waals surface area (Å²) >= 11 is 0. The molecule has 2 heterocycles. The van der Waals surface area contributed by atoms with E-state index in [0.717, 1.165) is 16.8 Å². The van der Waals surface area contributed by atoms with Gasteiger partial charge in [0.2, 0.25) is 0 Å². The number of H-pyrrole nitrogens is 1. The van der Waals surface area contributed by atoms with Crippen molar-refractivity contribution in [1.29, 1.82) is 0 Å². The Hall–Kier alpha value is -2.41. The minimum absolute atomic E-state index is 0.0540. The number of hydrogen-bond donors (Lipinski definition) is 2. The number of carbonyl (C=O) groups is 1. The number of methoxy groups -OCH3 is 1. The van der Waals surface area contributed by atoms with Gasteiger partial charge in [-0.1, -0.05) is 6.07 Å². The lowest BCUT2D eigenvalue weighted by molar-refractivity contribution is -0.00697. The number of rotatable bonds is 5. The molecule has 1 aliphatic heterocycles. The highest BCUT2D eigenvalue weighted by atomic mass is 19.1. The monoisotopic (exact) mass is 347 g/mol. The maximum absolute atomic E-state index is 13.4. The van der Waals surface area contributed by atoms with E-state index < -0.39 is 5.82 Å². The molecule has 0 saturated carbocycles. The Balaban J connectivity index is 1.62. The number of nitrogens with one attached hydrogen (secondary N) is 2. The Labute approximate surface area is 145 Å². The number of aromatic amines is 1. The zero-order chi connectivity index (χ0) is 18.0. The molecule has 0 unspecified atom stereocenters. The molecule has 0 spiro atoms. The Morgan fingerprint density at radius 1 is 1.48 bits per heavy atom. The van der Waals surface area contributed by atoms with Crippen molar-refractivity contribution >= 4 is 5.91 Å². The van der Waals surface area contributed by atoms with Gasteiger partial charge in [0.05, 0.1) is 25.0 Å². The average molecular weight is 347 g/mol. The number of amides is 1. The summed E-state index contributed by atoms with van der Waals surface area (Å²) < 4.78 is 24.1. The first kappa shape index (κ1) is 17.4. The van der Waals surface area contributed by atoms with Crippen molar-refractivity contribution < 1.29 is 18.7 Å². The molecule has 1 amide bonds. The molecule has 2 atom stereocenters. The summed E-state index contributed by atoms with van der Waals surface area (Å²) in [6, 6.07) is 4.68. The number of nitrogens with zero attached hydrogens (tertiary/aromatic N) is 1. The molecule has 1 aliphatic rings. The van der Waals surface area contributed by atoms with Gasteiger partial charge in [-0.2, -0.15) is 5.10 Å². The van der Waals surface area contributed by atoms with Gasteiger partial charge in [-0.15, -0.1) is 0 Å². The van der Waals surface area contributed by atoms with Crippen LogP contribution in [0.3, 0.4) is 0 Å². The van der Waals surface area contributed by atoms with E-state index in [0.29, 0.717) is 25.1 Å². The molecule has 0 saturated heterocycles. The second-order valence-electron chi connectivity index (χ2n) is 6.23. The van der Waals surface area contributed by atoms with Crippen LogP contribution in [0.2, 0.25) is 0 Å². The summed E-state index contributed by atoms with van der Waals surface area (Å²) in [7, 11) is 1.43. The minimum atomic E-state index is -0.399. The van der Waals surface area contributed by atoms with Crippen molar-refractivity contribution in [3.63, 3.8) is 0 Å². The number of hydrogen-bond acceptors (Lipinski definition) is 4. The highest BCUT2D eigenvalue weighted by Gasteiger charge is 2.29. The molecule has 1 aromatic heterocycles. The number of ether oxygens (including phenoxy) is 2. The first-order valence-corrected chi connectivity index (χ1v) is 8.32. The highest BCUT2D eigenvalue weighted by molar-refractivity contribution is 5.94. The molecular formula is C18H22FN3O3. The maximum Gasteiger partial charge on any atom is 0.272 e. The van der Waals surface area contributed by atoms with Gasteiger partial charge in [-0.3, -0.25) is 9.89 Å². The molecule has 2 aromatic rings. The molecule has 3 rings (SSSR count). The van der Waals surface area contributed by atoms with Crippen molar-refractivity contribution in [3.05, 3.63) is 46.5 Å². The van der Waals surface area contributed by atoms with E-state index in [4.69, 9.17) is 9.47 Å². The number of benzene rings is 1. The lowest BCUT2D eigenvalue weighted by atomic mass is 9.99. The van der Waals surface area contributed by atoms with Crippen LogP contribution in [0, 0.1) is 5.82 Å². The zero-order valence-corrected chi connectivity index (χ0v) is 14.6. The topological polar surface area (TPSA) is 76.2 Å². The number of halogens is 1. The molecule has 6 nitrogen and oxygen atoms in total. The van der Waals surface area contributed by atoms with Crippen LogP contribution in [0.25, 0.3) is 0 Å². The predicted octanol–water partition coefficient (Wildman–Crippen LogP) is 2.55. The molecule has 25 heavy (non-hydrogen) atoms. The summed E-state index contributed by atoms with van der Waals surface area (Å²) in [5.41, 5.74) is 3.10. The quantitative estimate of drug-likeness (QED) is 0.871. The molecule has 1 aromatic carbocycles. The fraction of sp³-hybridized carbons (Fsp3) is 0.444. The van der Waals surface area contributed by atoms with Gasteiger partial charge in [-0.25, -0.2) is 4.39 Å². The summed E-state index contributed by atoms with van der Waals surface area (Å²) in [6.45, 7) is 4.35. The first-order valence-electron chi connectivity index (χ1n) is 8.32. The van der Waals surface area contributed by atoms with E-state index in [1.54, 1.807) is 12.1 Å². The normalized spacial score (nSPS) is 19.4. The predicted molar refractivity (Wildman–Crippen MR) is 90.2 cm³/mol. The van der Waals surface area contributed by atoms with E-state index in [1.807, 2.05) is 13.8 Å². The Kier molecular flexibility index (Phi) is 5.03. The van der Waals surface area contributed by atoms with Crippen molar-refractivity contribution in [1.82, 2.24) is 15.5 Å². The van der Waals surface area contributed by atoms with Crippen LogP contribution in [-0.4, -0.2) is 35.9 Å². The summed E-state index contributed by atoms with van der Waals surface area (Å²) in [5.74, 6) is -0.412. The standard InChI is InChI=1S/C18H22FN3O3/c1-10-8-13-16(11(2)25-10)21-22-17(13)18(23)20-7-6-12-4-5-14(19)15(9-12)24-3/h4-5,9-11H,6-8H2,1-3H3,(H,20,23)(H,21,22)/t10-,11+/m0/s1. The van der Waals surface area contributed by atoms with Gasteiger partial charge < -0.3 is 14.8 Å². The van der Waals surface area contributed by atoms with E-state index in [1.165, 1.54) is 13.2 Å². The molecule has 0 radical (unpaired) electrons. The average Bonchev–Trinajstić information content (AvgIpc) is 3.00. The lowest BCUT2D eigenvalue weighted by Crippen LogP contribution is -2.29. The third-order valence-corrected chi connectivity index (χ3v) is 4.36. The van der Waals surface area contributed by atoms with E-state index >= 15 is 0 Å². The van der Waals surface area contributed by atoms with Crippen LogP contribution in [-0.2, 0) is 17.6 Å². The van der Waals surface area contributed by atoms with Crippen LogP contribution in [0.1, 0.15) is 47.3 Å². The van der Waals surface area contributed by atoms with Crippen molar-refractivity contribution in [2.24, 2.45) is 0 Å². The number of carbonyl (C=O) groups excluding carboxylic acids is 1. The summed E-state index contributed by atoms with van der Waals surface area (Å²) in [5, 5.41) is 9.94. The van der Waals surface area contributed by atoms with Crippen molar-refractivity contribution in [3.8, 4) is 5.75 Å². The Bertz CT molecular complexity index is 775. The van der Waals surface area contributed by atoms with E-state index in [-0.39, 0.29) is 23.9 Å². The third kappa shape index (κ3) is 3.66. The second-order valence-corrected chi connectivity index (χ2v) is 6.23. The van der Waals surface area contributed by atoms with Gasteiger partial charge in [0.15, 0.2) is 17.3 Å². The SMILES string of the molecule is COc1cc(CCNC(=O)c2n[nH]c3c2C[C@H](C)O[C@@H]3C)ccc1F. The molecule has 0 bridgehead atoms. The summed E-state index contributed by atoms with van der Waals surface area (Å²) in [4.78, 5) is 12.4. The van der Waals surface area contributed by atoms with Gasteiger partial charge >= 0.3 is 0 Å². The first-order chi connectivity index (χ1) is 12.0. The van der Waals surface area contributed by atoms with Crippen molar-refractivity contribution in [2.45, 2.75) is 38.9 Å². The highest BCUT2D eigenvalue weighted by Crippen LogP contribution is 2.30. The largest absolute Gasteiger partial charge is 0.494 e. The van der Waals surface area contributed by atoms with Crippen LogP contribution in [0.15, 0.2) is 18.2 Å². The number of aromatic nitrogens is 2. The lowest BCUT2D eigenvalue weighted by Gasteiger charge is -2.25. The van der Waals surface area contributed by atoms with Gasteiger partial charge in [-0.05, 0) is 38.0 Å². The van der Waals surface area contributed by atoms with Gasteiger partial charge in [0.1, 0.15) is 0 Å². The molecule has 2 N–H and O–H groups in total. The molecule has 134 valence electrons. The molecule has 7 heteroatoms. The second kappa shape index (κ2) is 7.23. The number of fused-ring (bicyclic) bond motifs is 1. The van der Waals surface area contributed by atoms with E-state index in [2.05, 4.69) is 15.5 Å². The zero-order valence-electron chi connectivity index (χ0n) is 14.6. The Morgan fingerprint density at radius 2 is 2.28 bits per heavy atom. The third-order valence-electron chi connectivity index (χ3n) is 4.36. The molecule has 0 fully saturated rings. The van der Waals surface area contributed by atoms with E-state index in [9.17, 15) is 9.18 Å². The molecular weight excluding hydrogens is 325 g/mol. The van der Waals surface area contributed by atoms with Crippen LogP contribution < -0.4 is 10.1 Å². The molecule has 0 aliphatic carbocycles. The fourth-order valence-electron chi connectivity index (χ4n) is 3.13. The van der Waals surface area contributed by atoms with Gasteiger partial charge in [0.25, 0.3) is 5.91 Å². The Morgan fingerprint density at radius 3 is 3.04 bits per heavy atom. The fourth-order valence-corrected chi connectivity index (χ4v) is 3.13. The van der Waals surface area contributed by atoms with Crippen LogP contribution in [0.4, 0.5) is 4.39 Å². The summed E-state index contributed by atoms with van der Waals surface area (Å²) in [6.07, 6.45) is 1.19. The van der Waals surface area contributed by atoms with Crippen LogP contribution in [0.5, 0.6) is 5.75 Å². The van der Waals surface area contributed by atoms with Crippen LogP contribution >= 0.6 is 0 Å². The minimum Gasteiger partial charge on any atom is -0.494 e. The maximum atomic E-state index is 13.4. The van der Waals surface area contributed by atoms with Gasteiger partial charge in [0, 0.05) is 18.5 Å².